The van der Waals surface area contributed by atoms with Gasteiger partial charge < -0.3 is 9.64 Å². The van der Waals surface area contributed by atoms with Crippen molar-refractivity contribution in [3.63, 3.8) is 0 Å². The summed E-state index contributed by atoms with van der Waals surface area (Å²) in [6.07, 6.45) is 10.6. The van der Waals surface area contributed by atoms with E-state index >= 15 is 0 Å². The smallest absolute Gasteiger partial charge is 0.0578 e. The topological polar surface area (TPSA) is 12.5 Å². The monoisotopic (exact) mass is 267 g/mol. The molecule has 112 valence electrons. The van der Waals surface area contributed by atoms with E-state index in [1.54, 1.807) is 0 Å². The fourth-order valence-electron chi connectivity index (χ4n) is 3.77. The largest absolute Gasteiger partial charge is 0.376 e. The summed E-state index contributed by atoms with van der Waals surface area (Å²) in [6, 6.07) is 0. The van der Waals surface area contributed by atoms with Crippen LogP contribution in [0, 0.1) is 11.8 Å². The van der Waals surface area contributed by atoms with Gasteiger partial charge in [-0.15, -0.1) is 0 Å². The average Bonchev–Trinajstić information content (AvgIpc) is 2.77. The molecule has 2 rings (SSSR count). The second kappa shape index (κ2) is 7.64. The van der Waals surface area contributed by atoms with Crippen LogP contribution in [-0.4, -0.2) is 36.7 Å². The highest BCUT2D eigenvalue weighted by atomic mass is 16.5. The molecular weight excluding hydrogens is 234 g/mol. The average molecular weight is 267 g/mol. The minimum absolute atomic E-state index is 0.402. The number of hydrogen-bond donors (Lipinski definition) is 0. The van der Waals surface area contributed by atoms with E-state index in [2.05, 4.69) is 25.7 Å². The summed E-state index contributed by atoms with van der Waals surface area (Å²) in [5.41, 5.74) is 0. The van der Waals surface area contributed by atoms with Crippen molar-refractivity contribution in [2.24, 2.45) is 11.8 Å². The molecule has 1 atom stereocenters. The number of likely N-dealkylation sites (tertiary alicyclic amines) is 1. The Morgan fingerprint density at radius 2 is 1.84 bits per heavy atom. The van der Waals surface area contributed by atoms with Crippen molar-refractivity contribution in [2.45, 2.75) is 77.9 Å². The van der Waals surface area contributed by atoms with Gasteiger partial charge in [-0.2, -0.15) is 0 Å². The van der Waals surface area contributed by atoms with Crippen molar-refractivity contribution in [3.8, 4) is 0 Å². The minimum atomic E-state index is 0.402. The maximum atomic E-state index is 5.93. The van der Waals surface area contributed by atoms with Crippen LogP contribution in [-0.2, 0) is 4.74 Å². The van der Waals surface area contributed by atoms with E-state index in [-0.39, 0.29) is 0 Å². The molecule has 1 unspecified atom stereocenters. The van der Waals surface area contributed by atoms with Gasteiger partial charge in [0.05, 0.1) is 12.2 Å². The lowest BCUT2D eigenvalue weighted by atomic mass is 9.84. The van der Waals surface area contributed by atoms with E-state index in [0.29, 0.717) is 12.2 Å². The molecule has 0 aromatic heterocycles. The molecule has 1 saturated heterocycles. The molecular formula is C17H33NO. The molecule has 1 heterocycles. The van der Waals surface area contributed by atoms with Gasteiger partial charge in [-0.25, -0.2) is 0 Å². The lowest BCUT2D eigenvalue weighted by Crippen LogP contribution is -2.25. The first kappa shape index (κ1) is 15.3. The molecule has 2 fully saturated rings. The van der Waals surface area contributed by atoms with Gasteiger partial charge in [0, 0.05) is 6.54 Å². The second-order valence-corrected chi connectivity index (χ2v) is 7.16. The van der Waals surface area contributed by atoms with Crippen LogP contribution in [0.3, 0.4) is 0 Å². The molecule has 1 aliphatic carbocycles. The number of rotatable bonds is 6. The van der Waals surface area contributed by atoms with Crippen molar-refractivity contribution in [1.82, 2.24) is 4.90 Å². The molecule has 2 aliphatic rings. The maximum Gasteiger partial charge on any atom is 0.0578 e. The maximum absolute atomic E-state index is 5.93. The molecule has 1 saturated carbocycles. The zero-order valence-corrected chi connectivity index (χ0v) is 13.2. The van der Waals surface area contributed by atoms with Gasteiger partial charge >= 0.3 is 0 Å². The third kappa shape index (κ3) is 5.43. The van der Waals surface area contributed by atoms with E-state index < -0.39 is 0 Å². The van der Waals surface area contributed by atoms with Crippen LogP contribution in [0.25, 0.3) is 0 Å². The Morgan fingerprint density at radius 3 is 2.42 bits per heavy atom. The first-order valence-electron chi connectivity index (χ1n) is 8.51. The Balaban J connectivity index is 1.53. The molecule has 0 aromatic rings. The van der Waals surface area contributed by atoms with Gasteiger partial charge in [0.1, 0.15) is 0 Å². The Labute approximate surface area is 119 Å². The second-order valence-electron chi connectivity index (χ2n) is 7.16. The summed E-state index contributed by atoms with van der Waals surface area (Å²) in [6.45, 7) is 10.7. The zero-order valence-electron chi connectivity index (χ0n) is 13.2. The number of nitrogens with zero attached hydrogens (tertiary/aromatic N) is 1. The van der Waals surface area contributed by atoms with Gasteiger partial charge in [0.25, 0.3) is 0 Å². The molecule has 0 amide bonds. The number of hydrogen-bond acceptors (Lipinski definition) is 2. The predicted molar refractivity (Wildman–Crippen MR) is 81.4 cm³/mol. The van der Waals surface area contributed by atoms with E-state index in [1.165, 1.54) is 64.6 Å². The van der Waals surface area contributed by atoms with Crippen molar-refractivity contribution in [2.75, 3.05) is 19.6 Å². The highest BCUT2D eigenvalue weighted by molar-refractivity contribution is 4.75. The highest BCUT2D eigenvalue weighted by Crippen LogP contribution is 2.30. The summed E-state index contributed by atoms with van der Waals surface area (Å²) < 4.78 is 5.93. The summed E-state index contributed by atoms with van der Waals surface area (Å²) in [5, 5.41) is 0. The van der Waals surface area contributed by atoms with Crippen molar-refractivity contribution in [3.05, 3.63) is 0 Å². The quantitative estimate of drug-likeness (QED) is 0.718. The van der Waals surface area contributed by atoms with Gasteiger partial charge in [0.15, 0.2) is 0 Å². The molecule has 0 aromatic carbocycles. The first-order valence-corrected chi connectivity index (χ1v) is 8.51. The zero-order chi connectivity index (χ0) is 13.7. The van der Waals surface area contributed by atoms with E-state index in [4.69, 9.17) is 4.74 Å². The van der Waals surface area contributed by atoms with Crippen molar-refractivity contribution >= 4 is 0 Å². The molecule has 0 N–H and O–H groups in total. The summed E-state index contributed by atoms with van der Waals surface area (Å²) >= 11 is 0. The van der Waals surface area contributed by atoms with Gasteiger partial charge in [-0.1, -0.05) is 6.92 Å². The third-order valence-corrected chi connectivity index (χ3v) is 4.85. The normalized spacial score (nSPS) is 33.2. The Kier molecular flexibility index (Phi) is 6.15. The standard InChI is InChI=1S/C17H33NO/c1-14(2)19-17-8-6-16(7-9-17)5-4-11-18-12-10-15(3)13-18/h14-17H,4-13H2,1-3H3. The summed E-state index contributed by atoms with van der Waals surface area (Å²) in [4.78, 5) is 2.66. The van der Waals surface area contributed by atoms with E-state index in [1.807, 2.05) is 0 Å². The van der Waals surface area contributed by atoms with Gasteiger partial charge in [-0.3, -0.25) is 0 Å². The van der Waals surface area contributed by atoms with Crippen molar-refractivity contribution in [1.29, 1.82) is 0 Å². The predicted octanol–water partition coefficient (Wildman–Crippen LogP) is 4.09. The van der Waals surface area contributed by atoms with Crippen LogP contribution in [0.5, 0.6) is 0 Å². The van der Waals surface area contributed by atoms with E-state index in [0.717, 1.165) is 11.8 Å². The summed E-state index contributed by atoms with van der Waals surface area (Å²) in [7, 11) is 0. The fourth-order valence-corrected chi connectivity index (χ4v) is 3.77. The SMILES string of the molecule is CC1CCN(CCCC2CCC(OC(C)C)CC2)C1. The number of ether oxygens (including phenoxy) is 1. The molecule has 1 aliphatic heterocycles. The molecule has 19 heavy (non-hydrogen) atoms. The molecule has 0 spiro atoms. The first-order chi connectivity index (χ1) is 9.13. The van der Waals surface area contributed by atoms with Crippen LogP contribution in [0.15, 0.2) is 0 Å². The van der Waals surface area contributed by atoms with Crippen LogP contribution >= 0.6 is 0 Å². The van der Waals surface area contributed by atoms with Crippen LogP contribution in [0.1, 0.15) is 65.7 Å². The van der Waals surface area contributed by atoms with Crippen LogP contribution in [0.2, 0.25) is 0 Å². The fraction of sp³-hybridized carbons (Fsp3) is 1.00. The van der Waals surface area contributed by atoms with E-state index in [9.17, 15) is 0 Å². The Bertz CT molecular complexity index is 246. The molecule has 2 nitrogen and oxygen atoms in total. The van der Waals surface area contributed by atoms with Gasteiger partial charge in [-0.05, 0) is 83.7 Å². The van der Waals surface area contributed by atoms with Crippen LogP contribution in [0.4, 0.5) is 0 Å². The summed E-state index contributed by atoms with van der Waals surface area (Å²) in [5.74, 6) is 1.91. The Morgan fingerprint density at radius 1 is 1.11 bits per heavy atom. The molecule has 0 radical (unpaired) electrons. The molecule has 0 bridgehead atoms. The van der Waals surface area contributed by atoms with Crippen molar-refractivity contribution < 1.29 is 4.74 Å². The Hall–Kier alpha value is -0.0800. The third-order valence-electron chi connectivity index (χ3n) is 4.85. The lowest BCUT2D eigenvalue weighted by molar-refractivity contribution is -0.0204. The van der Waals surface area contributed by atoms with Gasteiger partial charge in [0.2, 0.25) is 0 Å². The highest BCUT2D eigenvalue weighted by Gasteiger charge is 2.23. The minimum Gasteiger partial charge on any atom is -0.376 e. The molecule has 2 heteroatoms. The lowest BCUT2D eigenvalue weighted by Gasteiger charge is -2.30. The van der Waals surface area contributed by atoms with Crippen LogP contribution < -0.4 is 0 Å².